The van der Waals surface area contributed by atoms with Crippen LogP contribution < -0.4 is 4.72 Å². The molecule has 1 aliphatic heterocycles. The van der Waals surface area contributed by atoms with Crippen LogP contribution in [0.1, 0.15) is 52.2 Å². The Labute approximate surface area is 312 Å². The van der Waals surface area contributed by atoms with Crippen molar-refractivity contribution in [1.82, 2.24) is 9.62 Å². The molecule has 0 aliphatic carbocycles. The third kappa shape index (κ3) is 9.74. The number of nitrogens with one attached hydrogen (secondary N) is 1. The number of hydrogen-bond donors (Lipinski definition) is 2. The first-order chi connectivity index (χ1) is 25.9. The lowest BCUT2D eigenvalue weighted by Crippen LogP contribution is -2.39. The molecule has 3 atom stereocenters. The van der Waals surface area contributed by atoms with Crippen LogP contribution in [0.5, 0.6) is 0 Å². The number of sulfonamides is 1. The molecule has 6 aromatic rings. The maximum absolute atomic E-state index is 12.9. The van der Waals surface area contributed by atoms with Crippen LogP contribution in [0.3, 0.4) is 0 Å². The maximum atomic E-state index is 12.9. The molecule has 0 bridgehead atoms. The molecule has 1 saturated heterocycles. The van der Waals surface area contributed by atoms with Crippen molar-refractivity contribution in [3.05, 3.63) is 197 Å². The second-order valence-corrected chi connectivity index (χ2v) is 15.2. The third-order valence-corrected chi connectivity index (χ3v) is 10.9. The van der Waals surface area contributed by atoms with Crippen molar-refractivity contribution in [3.63, 3.8) is 0 Å². The quantitative estimate of drug-likeness (QED) is 0.117. The Morgan fingerprint density at radius 3 is 1.83 bits per heavy atom. The Bertz CT molecular complexity index is 2120. The highest BCUT2D eigenvalue weighted by atomic mass is 32.2. The van der Waals surface area contributed by atoms with Crippen LogP contribution in [0.4, 0.5) is 0 Å². The molecule has 0 radical (unpaired) electrons. The summed E-state index contributed by atoms with van der Waals surface area (Å²) in [5.41, 5.74) is 8.07. The topological polar surface area (TPSA) is 88.1 Å². The molecule has 7 rings (SSSR count). The molecular formula is C45H44N2O5S. The van der Waals surface area contributed by atoms with E-state index in [1.54, 1.807) is 30.3 Å². The van der Waals surface area contributed by atoms with Crippen LogP contribution in [0.15, 0.2) is 169 Å². The van der Waals surface area contributed by atoms with Gasteiger partial charge in [-0.25, -0.2) is 13.1 Å². The lowest BCUT2D eigenvalue weighted by atomic mass is 9.98. The molecule has 2 N–H and O–H groups in total. The number of aliphatic hydroxyl groups excluding tert-OH is 1. The first-order valence-corrected chi connectivity index (χ1v) is 19.4. The van der Waals surface area contributed by atoms with E-state index in [2.05, 4.69) is 64.2 Å². The molecule has 0 amide bonds. The van der Waals surface area contributed by atoms with Gasteiger partial charge in [-0.05, 0) is 63.2 Å². The molecule has 1 aliphatic rings. The van der Waals surface area contributed by atoms with Gasteiger partial charge >= 0.3 is 0 Å². The minimum Gasteiger partial charge on any atom is -0.392 e. The van der Waals surface area contributed by atoms with E-state index in [-0.39, 0.29) is 30.3 Å². The summed E-state index contributed by atoms with van der Waals surface area (Å²) in [5.74, 6) is 0. The summed E-state index contributed by atoms with van der Waals surface area (Å²) in [4.78, 5) is 2.68. The van der Waals surface area contributed by atoms with Crippen molar-refractivity contribution in [3.8, 4) is 11.1 Å². The summed E-state index contributed by atoms with van der Waals surface area (Å²) >= 11 is 0. The van der Waals surface area contributed by atoms with Gasteiger partial charge in [-0.3, -0.25) is 4.90 Å². The van der Waals surface area contributed by atoms with E-state index in [4.69, 9.17) is 9.47 Å². The molecule has 0 spiro atoms. The highest BCUT2D eigenvalue weighted by Crippen LogP contribution is 2.39. The van der Waals surface area contributed by atoms with Gasteiger partial charge in [0, 0.05) is 38.2 Å². The van der Waals surface area contributed by atoms with Gasteiger partial charge in [0.2, 0.25) is 10.0 Å². The molecule has 53 heavy (non-hydrogen) atoms. The Hall–Kier alpha value is -4.93. The van der Waals surface area contributed by atoms with E-state index in [0.717, 1.165) is 46.5 Å². The molecular weight excluding hydrogens is 681 g/mol. The van der Waals surface area contributed by atoms with Crippen molar-refractivity contribution in [2.45, 2.75) is 56.1 Å². The molecule has 1 heterocycles. The largest absolute Gasteiger partial charge is 0.392 e. The molecule has 6 aromatic carbocycles. The smallest absolute Gasteiger partial charge is 0.240 e. The Morgan fingerprint density at radius 2 is 1.19 bits per heavy atom. The van der Waals surface area contributed by atoms with E-state index < -0.39 is 16.3 Å². The standard InChI is InChI=1S/C45H44N2O5S/c48-33-36-22-24-38(25-23-36)44-28-42(32-47(30-34-12-4-1-5-13-34)31-35-14-6-2-7-15-35)51-45(52-44)41-19-11-18-40(27-41)39-17-10-16-37(26-39)29-46-53(49,50)43-20-8-3-9-21-43/h1-27,42,44-46,48H,28-33H2/t42-,44+,45+/m1/s1. The van der Waals surface area contributed by atoms with Gasteiger partial charge in [0.25, 0.3) is 0 Å². The minimum atomic E-state index is -3.64. The zero-order valence-corrected chi connectivity index (χ0v) is 30.3. The van der Waals surface area contributed by atoms with Gasteiger partial charge in [-0.15, -0.1) is 0 Å². The van der Waals surface area contributed by atoms with Crippen molar-refractivity contribution in [2.75, 3.05) is 6.54 Å². The predicted molar refractivity (Wildman–Crippen MR) is 208 cm³/mol. The lowest BCUT2D eigenvalue weighted by molar-refractivity contribution is -0.253. The van der Waals surface area contributed by atoms with E-state index in [1.165, 1.54) is 11.1 Å². The van der Waals surface area contributed by atoms with E-state index in [9.17, 15) is 13.5 Å². The second kappa shape index (κ2) is 17.3. The Balaban J connectivity index is 1.13. The molecule has 0 saturated carbocycles. The first-order valence-electron chi connectivity index (χ1n) is 18.0. The molecule has 270 valence electrons. The van der Waals surface area contributed by atoms with Gasteiger partial charge in [0.15, 0.2) is 6.29 Å². The highest BCUT2D eigenvalue weighted by molar-refractivity contribution is 7.89. The third-order valence-electron chi connectivity index (χ3n) is 9.51. The van der Waals surface area contributed by atoms with E-state index >= 15 is 0 Å². The average molecular weight is 725 g/mol. The number of aliphatic hydroxyl groups is 1. The van der Waals surface area contributed by atoms with Crippen LogP contribution >= 0.6 is 0 Å². The lowest BCUT2D eigenvalue weighted by Gasteiger charge is -2.38. The van der Waals surface area contributed by atoms with Gasteiger partial charge in [0.1, 0.15) is 0 Å². The molecule has 0 unspecified atom stereocenters. The van der Waals surface area contributed by atoms with Crippen molar-refractivity contribution in [2.24, 2.45) is 0 Å². The highest BCUT2D eigenvalue weighted by Gasteiger charge is 2.33. The SMILES string of the molecule is O=S(=O)(NCc1cccc(-c2cccc([C@H]3O[C@@H](CN(Cc4ccccc4)Cc4ccccc4)C[C@@H](c4ccc(CO)cc4)O3)c2)c1)c1ccccc1. The number of nitrogens with zero attached hydrogens (tertiary/aromatic N) is 1. The Morgan fingerprint density at radius 1 is 0.604 bits per heavy atom. The normalized spacial score (nSPS) is 17.5. The molecule has 7 nitrogen and oxygen atoms in total. The average Bonchev–Trinajstić information content (AvgIpc) is 3.21. The summed E-state index contributed by atoms with van der Waals surface area (Å²) in [7, 11) is -3.64. The zero-order chi connectivity index (χ0) is 36.5. The van der Waals surface area contributed by atoms with Crippen molar-refractivity contribution in [1.29, 1.82) is 0 Å². The summed E-state index contributed by atoms with van der Waals surface area (Å²) < 4.78 is 42.0. The summed E-state index contributed by atoms with van der Waals surface area (Å²) in [6.07, 6.45) is -0.289. The molecule has 1 fully saturated rings. The molecule has 8 heteroatoms. The fourth-order valence-corrected chi connectivity index (χ4v) is 7.82. The van der Waals surface area contributed by atoms with Gasteiger partial charge in [0.05, 0.1) is 23.7 Å². The van der Waals surface area contributed by atoms with Crippen LogP contribution in [-0.2, 0) is 45.7 Å². The minimum absolute atomic E-state index is 0.0129. The Kier molecular flexibility index (Phi) is 11.9. The number of ether oxygens (including phenoxy) is 2. The zero-order valence-electron chi connectivity index (χ0n) is 29.5. The predicted octanol–water partition coefficient (Wildman–Crippen LogP) is 8.57. The monoisotopic (exact) mass is 724 g/mol. The van der Waals surface area contributed by atoms with E-state index in [1.807, 2.05) is 78.9 Å². The fraction of sp³-hybridized carbons (Fsp3) is 0.200. The van der Waals surface area contributed by atoms with Gasteiger partial charge in [-0.1, -0.05) is 140 Å². The van der Waals surface area contributed by atoms with Crippen LogP contribution in [-0.4, -0.2) is 31.1 Å². The summed E-state index contributed by atoms with van der Waals surface area (Å²) in [6, 6.07) is 53.5. The fourth-order valence-electron chi connectivity index (χ4n) is 6.78. The van der Waals surface area contributed by atoms with Crippen LogP contribution in [0, 0.1) is 0 Å². The van der Waals surface area contributed by atoms with Crippen molar-refractivity contribution >= 4 is 10.0 Å². The summed E-state index contributed by atoms with van der Waals surface area (Å²) in [6.45, 7) is 2.42. The van der Waals surface area contributed by atoms with Gasteiger partial charge in [-0.2, -0.15) is 0 Å². The van der Waals surface area contributed by atoms with E-state index in [0.29, 0.717) is 13.0 Å². The van der Waals surface area contributed by atoms with Crippen LogP contribution in [0.2, 0.25) is 0 Å². The maximum Gasteiger partial charge on any atom is 0.240 e. The summed E-state index contributed by atoms with van der Waals surface area (Å²) in [5, 5.41) is 9.68. The van der Waals surface area contributed by atoms with Gasteiger partial charge < -0.3 is 14.6 Å². The molecule has 0 aromatic heterocycles. The van der Waals surface area contributed by atoms with Crippen LogP contribution in [0.25, 0.3) is 11.1 Å². The number of rotatable bonds is 14. The second-order valence-electron chi connectivity index (χ2n) is 13.5. The first kappa shape index (κ1) is 36.4. The van der Waals surface area contributed by atoms with Crippen molar-refractivity contribution < 1.29 is 23.0 Å². The number of benzene rings is 6. The number of hydrogen-bond acceptors (Lipinski definition) is 6.